The van der Waals surface area contributed by atoms with Gasteiger partial charge in [-0.15, -0.1) is 0 Å². The lowest BCUT2D eigenvalue weighted by Crippen LogP contribution is -2.47. The average Bonchev–Trinajstić information content (AvgIpc) is 3.41. The zero-order chi connectivity index (χ0) is 17.4. The Labute approximate surface area is 150 Å². The largest absolute Gasteiger partial charge is 0.368 e. The molecule has 1 aromatic heterocycles. The number of aryl methyl sites for hydroxylation is 2. The predicted molar refractivity (Wildman–Crippen MR) is 104 cm³/mol. The number of hydrogen-bond donors (Lipinski definition) is 1. The number of rotatable bonds is 4. The summed E-state index contributed by atoms with van der Waals surface area (Å²) in [5.41, 5.74) is 5.14. The minimum atomic E-state index is 0.614. The molecule has 0 radical (unpaired) electrons. The molecule has 1 saturated heterocycles. The predicted octanol–water partition coefficient (Wildman–Crippen LogP) is 3.30. The Bertz CT molecular complexity index is 761. The maximum atomic E-state index is 4.75. The molecule has 0 spiro atoms. The van der Waals surface area contributed by atoms with Gasteiger partial charge in [-0.25, -0.2) is 4.98 Å². The molecule has 2 aliphatic rings. The van der Waals surface area contributed by atoms with Crippen molar-refractivity contribution < 1.29 is 0 Å². The number of anilines is 3. The number of nitrogens with one attached hydrogen (secondary N) is 1. The number of benzene rings is 1. The Morgan fingerprint density at radius 3 is 2.40 bits per heavy atom. The topological polar surface area (TPSA) is 44.3 Å². The van der Waals surface area contributed by atoms with E-state index in [0.717, 1.165) is 43.6 Å². The van der Waals surface area contributed by atoms with Crippen molar-refractivity contribution in [3.05, 3.63) is 41.1 Å². The monoisotopic (exact) mass is 337 g/mol. The maximum absolute atomic E-state index is 4.75. The molecular formula is C20H27N5. The second-order valence-electron chi connectivity index (χ2n) is 7.31. The smallest absolute Gasteiger partial charge is 0.227 e. The van der Waals surface area contributed by atoms with E-state index in [4.69, 9.17) is 4.98 Å². The Balaban J connectivity index is 1.46. The van der Waals surface area contributed by atoms with E-state index in [0.29, 0.717) is 6.04 Å². The highest BCUT2D eigenvalue weighted by Gasteiger charge is 2.24. The van der Waals surface area contributed by atoms with Crippen LogP contribution in [0.2, 0.25) is 0 Å². The first kappa shape index (κ1) is 16.2. The first-order chi connectivity index (χ1) is 12.1. The van der Waals surface area contributed by atoms with Gasteiger partial charge in [0.2, 0.25) is 5.95 Å². The molecule has 5 nitrogen and oxygen atoms in total. The van der Waals surface area contributed by atoms with Crippen LogP contribution in [0.1, 0.15) is 29.7 Å². The maximum Gasteiger partial charge on any atom is 0.227 e. The van der Waals surface area contributed by atoms with Gasteiger partial charge in [-0.2, -0.15) is 4.98 Å². The molecule has 4 rings (SSSR count). The quantitative estimate of drug-likeness (QED) is 0.927. The van der Waals surface area contributed by atoms with Crippen LogP contribution in [0.3, 0.4) is 0 Å². The van der Waals surface area contributed by atoms with Crippen molar-refractivity contribution in [2.45, 2.75) is 39.7 Å². The van der Waals surface area contributed by atoms with Gasteiger partial charge >= 0.3 is 0 Å². The molecule has 132 valence electrons. The second-order valence-corrected chi connectivity index (χ2v) is 7.31. The van der Waals surface area contributed by atoms with E-state index in [9.17, 15) is 0 Å². The summed E-state index contributed by atoms with van der Waals surface area (Å²) in [6.45, 7) is 10.4. The van der Waals surface area contributed by atoms with E-state index in [-0.39, 0.29) is 0 Å². The van der Waals surface area contributed by atoms with Gasteiger partial charge in [0.05, 0.1) is 0 Å². The molecule has 0 atom stereocenters. The summed E-state index contributed by atoms with van der Waals surface area (Å²) >= 11 is 0. The van der Waals surface area contributed by atoms with E-state index >= 15 is 0 Å². The van der Waals surface area contributed by atoms with Crippen molar-refractivity contribution in [2.75, 3.05) is 41.3 Å². The molecule has 2 aromatic rings. The summed E-state index contributed by atoms with van der Waals surface area (Å²) < 4.78 is 0. The van der Waals surface area contributed by atoms with Gasteiger partial charge in [0.25, 0.3) is 0 Å². The zero-order valence-corrected chi connectivity index (χ0v) is 15.4. The first-order valence-corrected chi connectivity index (χ1v) is 9.28. The van der Waals surface area contributed by atoms with Gasteiger partial charge in [0, 0.05) is 49.7 Å². The van der Waals surface area contributed by atoms with Crippen LogP contribution >= 0.6 is 0 Å². The van der Waals surface area contributed by atoms with Crippen LogP contribution in [0.5, 0.6) is 0 Å². The van der Waals surface area contributed by atoms with E-state index < -0.39 is 0 Å². The number of hydrogen-bond acceptors (Lipinski definition) is 5. The number of aromatic nitrogens is 2. The fourth-order valence-corrected chi connectivity index (χ4v) is 3.43. The van der Waals surface area contributed by atoms with E-state index in [1.54, 1.807) is 0 Å². The van der Waals surface area contributed by atoms with Crippen LogP contribution in [0, 0.1) is 20.8 Å². The standard InChI is InChI=1S/C20H27N5/c1-14-5-4-6-18(16(14)3)24-9-11-25(12-10-24)20-21-15(2)13-19(23-20)22-17-7-8-17/h4-6,13,17H,7-12H2,1-3H3,(H,21,22,23). The third-order valence-corrected chi connectivity index (χ3v) is 5.25. The molecule has 1 aromatic carbocycles. The normalized spacial score (nSPS) is 17.7. The Morgan fingerprint density at radius 1 is 0.960 bits per heavy atom. The van der Waals surface area contributed by atoms with Crippen molar-refractivity contribution in [3.63, 3.8) is 0 Å². The molecule has 1 aliphatic heterocycles. The lowest BCUT2D eigenvalue weighted by Gasteiger charge is -2.37. The van der Waals surface area contributed by atoms with Gasteiger partial charge in [0.15, 0.2) is 0 Å². The van der Waals surface area contributed by atoms with Crippen LogP contribution in [0.15, 0.2) is 24.3 Å². The van der Waals surface area contributed by atoms with Crippen molar-refractivity contribution in [1.82, 2.24) is 9.97 Å². The second kappa shape index (κ2) is 6.54. The molecule has 0 bridgehead atoms. The highest BCUT2D eigenvalue weighted by molar-refractivity contribution is 5.57. The van der Waals surface area contributed by atoms with Crippen LogP contribution in [0.25, 0.3) is 0 Å². The van der Waals surface area contributed by atoms with E-state index in [2.05, 4.69) is 59.1 Å². The average molecular weight is 337 g/mol. The molecule has 2 fully saturated rings. The molecule has 0 unspecified atom stereocenters. The molecule has 5 heteroatoms. The van der Waals surface area contributed by atoms with Crippen LogP contribution < -0.4 is 15.1 Å². The van der Waals surface area contributed by atoms with Gasteiger partial charge in [-0.05, 0) is 50.8 Å². The van der Waals surface area contributed by atoms with Gasteiger partial charge in [-0.3, -0.25) is 0 Å². The first-order valence-electron chi connectivity index (χ1n) is 9.28. The van der Waals surface area contributed by atoms with Crippen molar-refractivity contribution in [3.8, 4) is 0 Å². The number of piperazine rings is 1. The summed E-state index contributed by atoms with van der Waals surface area (Å²) in [5, 5.41) is 3.50. The minimum absolute atomic E-state index is 0.614. The van der Waals surface area contributed by atoms with Crippen molar-refractivity contribution in [2.24, 2.45) is 0 Å². The van der Waals surface area contributed by atoms with Crippen LogP contribution in [0.4, 0.5) is 17.5 Å². The fourth-order valence-electron chi connectivity index (χ4n) is 3.43. The summed E-state index contributed by atoms with van der Waals surface area (Å²) in [6, 6.07) is 9.24. The Hall–Kier alpha value is -2.30. The van der Waals surface area contributed by atoms with Gasteiger partial charge in [-0.1, -0.05) is 12.1 Å². The third-order valence-electron chi connectivity index (χ3n) is 5.25. The van der Waals surface area contributed by atoms with E-state index in [1.807, 2.05) is 6.07 Å². The molecular weight excluding hydrogens is 310 g/mol. The highest BCUT2D eigenvalue weighted by atomic mass is 15.3. The third kappa shape index (κ3) is 3.55. The lowest BCUT2D eigenvalue weighted by atomic mass is 10.1. The molecule has 1 N–H and O–H groups in total. The van der Waals surface area contributed by atoms with Gasteiger partial charge < -0.3 is 15.1 Å². The molecule has 0 amide bonds. The summed E-state index contributed by atoms with van der Waals surface area (Å²) in [4.78, 5) is 14.2. The fraction of sp³-hybridized carbons (Fsp3) is 0.500. The van der Waals surface area contributed by atoms with Crippen molar-refractivity contribution >= 4 is 17.5 Å². The SMILES string of the molecule is Cc1cc(NC2CC2)nc(N2CCN(c3cccc(C)c3C)CC2)n1. The lowest BCUT2D eigenvalue weighted by molar-refractivity contribution is 0.638. The molecule has 25 heavy (non-hydrogen) atoms. The van der Waals surface area contributed by atoms with E-state index in [1.165, 1.54) is 29.7 Å². The summed E-state index contributed by atoms with van der Waals surface area (Å²) in [7, 11) is 0. The minimum Gasteiger partial charge on any atom is -0.368 e. The summed E-state index contributed by atoms with van der Waals surface area (Å²) in [6.07, 6.45) is 2.51. The van der Waals surface area contributed by atoms with Crippen LogP contribution in [-0.2, 0) is 0 Å². The number of nitrogens with zero attached hydrogens (tertiary/aromatic N) is 4. The Kier molecular flexibility index (Phi) is 4.24. The zero-order valence-electron chi connectivity index (χ0n) is 15.4. The van der Waals surface area contributed by atoms with Gasteiger partial charge in [0.1, 0.15) is 5.82 Å². The Morgan fingerprint density at radius 2 is 1.68 bits per heavy atom. The highest BCUT2D eigenvalue weighted by Crippen LogP contribution is 2.27. The van der Waals surface area contributed by atoms with Crippen LogP contribution in [-0.4, -0.2) is 42.2 Å². The summed E-state index contributed by atoms with van der Waals surface area (Å²) in [5.74, 6) is 1.84. The molecule has 1 aliphatic carbocycles. The molecule has 2 heterocycles. The van der Waals surface area contributed by atoms with Crippen molar-refractivity contribution in [1.29, 1.82) is 0 Å². The molecule has 1 saturated carbocycles.